The summed E-state index contributed by atoms with van der Waals surface area (Å²) in [7, 11) is 1.41. The zero-order chi connectivity index (χ0) is 25.2. The van der Waals surface area contributed by atoms with Gasteiger partial charge < -0.3 is 20.1 Å². The number of benzene rings is 1. The Labute approximate surface area is 210 Å². The summed E-state index contributed by atoms with van der Waals surface area (Å²) in [6, 6.07) is 2.34. The molecule has 1 aromatic rings. The van der Waals surface area contributed by atoms with Crippen LogP contribution in [-0.4, -0.2) is 42.3 Å². The molecule has 6 aliphatic rings. The average molecular weight is 503 g/mol. The second-order valence-corrected chi connectivity index (χ2v) is 12.3. The summed E-state index contributed by atoms with van der Waals surface area (Å²) < 4.78 is 40.1. The highest BCUT2D eigenvalue weighted by molar-refractivity contribution is 5.98. The molecule has 6 fully saturated rings. The monoisotopic (exact) mass is 502 g/mol. The van der Waals surface area contributed by atoms with E-state index in [1.807, 2.05) is 0 Å². The number of alkyl halides is 1. The number of halogens is 2. The number of rotatable bonds is 7. The molecule has 2 amide bonds. The van der Waals surface area contributed by atoms with Crippen molar-refractivity contribution in [2.75, 3.05) is 7.11 Å². The van der Waals surface area contributed by atoms with Crippen molar-refractivity contribution in [2.45, 2.75) is 94.5 Å². The van der Waals surface area contributed by atoms with E-state index in [1.165, 1.54) is 19.2 Å². The fourth-order valence-corrected chi connectivity index (χ4v) is 7.75. The number of hydrogen-bond donors (Lipinski definition) is 2. The van der Waals surface area contributed by atoms with Crippen molar-refractivity contribution >= 4 is 11.8 Å². The number of hydrogen-bond acceptors (Lipinski definition) is 4. The molecule has 0 aliphatic heterocycles. The van der Waals surface area contributed by atoms with E-state index in [4.69, 9.17) is 9.47 Å². The van der Waals surface area contributed by atoms with Gasteiger partial charge in [0.15, 0.2) is 11.6 Å². The number of carbonyl (C=O) groups is 2. The van der Waals surface area contributed by atoms with Crippen molar-refractivity contribution < 1.29 is 27.8 Å². The summed E-state index contributed by atoms with van der Waals surface area (Å²) in [4.78, 5) is 26.8. The molecule has 1 aromatic carbocycles. The smallest absolute Gasteiger partial charge is 0.255 e. The predicted molar refractivity (Wildman–Crippen MR) is 129 cm³/mol. The Balaban J connectivity index is 1.18. The Morgan fingerprint density at radius 1 is 1.00 bits per heavy atom. The van der Waals surface area contributed by atoms with Gasteiger partial charge in [0, 0.05) is 36.9 Å². The Hall–Kier alpha value is -2.38. The van der Waals surface area contributed by atoms with Gasteiger partial charge in [-0.25, -0.2) is 8.78 Å². The molecule has 36 heavy (non-hydrogen) atoms. The summed E-state index contributed by atoms with van der Waals surface area (Å²) in [6.45, 7) is 2.21. The van der Waals surface area contributed by atoms with E-state index >= 15 is 0 Å². The number of fused-ring (bicyclic) bond motifs is 2. The second-order valence-electron chi connectivity index (χ2n) is 12.3. The molecule has 4 bridgehead atoms. The molecular formula is C28H36F2N2O4. The molecule has 0 saturated heterocycles. The molecule has 8 heteroatoms. The van der Waals surface area contributed by atoms with Crippen LogP contribution in [-0.2, 0) is 4.79 Å². The molecular weight excluding hydrogens is 466 g/mol. The molecule has 7 rings (SSSR count). The third kappa shape index (κ3) is 4.04. The number of amides is 2. The molecule has 6 saturated carbocycles. The molecule has 0 spiro atoms. The molecule has 4 atom stereocenters. The van der Waals surface area contributed by atoms with Gasteiger partial charge in [0.25, 0.3) is 5.91 Å². The maximum atomic E-state index is 14.8. The molecule has 6 nitrogen and oxygen atoms in total. The van der Waals surface area contributed by atoms with Crippen LogP contribution < -0.4 is 20.1 Å². The highest BCUT2D eigenvalue weighted by atomic mass is 19.1. The van der Waals surface area contributed by atoms with Gasteiger partial charge in [-0.05, 0) is 68.8 Å². The number of carbonyl (C=O) groups excluding carboxylic acids is 2. The van der Waals surface area contributed by atoms with Crippen molar-refractivity contribution in [3.8, 4) is 11.5 Å². The van der Waals surface area contributed by atoms with Crippen LogP contribution in [0.15, 0.2) is 12.1 Å². The summed E-state index contributed by atoms with van der Waals surface area (Å²) >= 11 is 0. The summed E-state index contributed by atoms with van der Waals surface area (Å²) in [5, 5.41) is 6.22. The number of ether oxygens (including phenoxy) is 2. The van der Waals surface area contributed by atoms with E-state index in [2.05, 4.69) is 17.6 Å². The van der Waals surface area contributed by atoms with Crippen molar-refractivity contribution in [2.24, 2.45) is 23.7 Å². The lowest BCUT2D eigenvalue weighted by Crippen LogP contribution is -2.77. The first-order valence-electron chi connectivity index (χ1n) is 13.5. The highest BCUT2D eigenvalue weighted by Gasteiger charge is 2.70. The Bertz CT molecular complexity index is 1050. The quantitative estimate of drug-likeness (QED) is 0.567. The molecule has 2 N–H and O–H groups in total. The van der Waals surface area contributed by atoms with E-state index in [9.17, 15) is 18.4 Å². The van der Waals surface area contributed by atoms with Crippen molar-refractivity contribution in [1.82, 2.24) is 10.6 Å². The summed E-state index contributed by atoms with van der Waals surface area (Å²) in [5.74, 6) is -0.0595. The minimum Gasteiger partial charge on any atom is -0.496 e. The standard InChI is InChI=1S/C28H36F2N2O4/c1-15-3-7-18(8-4-15)36-22-10-19(21(35-2)11-20(22)29)25(33)31-24-17-6-5-16(9-17)23(24)26(34)32-28-12-27(30,13-28)14-28/h10-11,15-18,23-24H,3-9,12-14H2,1-2H3,(H,31,33)(H,32,34)/t15?,16-,17+,18?,23+,24-,27?,28?/m1/s1. The second kappa shape index (κ2) is 8.59. The van der Waals surface area contributed by atoms with Gasteiger partial charge >= 0.3 is 0 Å². The minimum absolute atomic E-state index is 0.0616. The van der Waals surface area contributed by atoms with Crippen molar-refractivity contribution in [1.29, 1.82) is 0 Å². The van der Waals surface area contributed by atoms with Gasteiger partial charge in [0.2, 0.25) is 5.91 Å². The summed E-state index contributed by atoms with van der Waals surface area (Å²) in [6.07, 6.45) is 7.77. The van der Waals surface area contributed by atoms with Crippen LogP contribution in [0.4, 0.5) is 8.78 Å². The first-order valence-corrected chi connectivity index (χ1v) is 13.5. The fourth-order valence-electron chi connectivity index (χ4n) is 7.75. The van der Waals surface area contributed by atoms with Gasteiger partial charge in [-0.2, -0.15) is 0 Å². The first kappa shape index (κ1) is 24.0. The van der Waals surface area contributed by atoms with Gasteiger partial charge in [-0.15, -0.1) is 0 Å². The fraction of sp³-hybridized carbons (Fsp3) is 0.714. The predicted octanol–water partition coefficient (Wildman–Crippen LogP) is 4.70. The third-order valence-corrected chi connectivity index (χ3v) is 9.63. The molecule has 0 radical (unpaired) electrons. The maximum Gasteiger partial charge on any atom is 0.255 e. The van der Waals surface area contributed by atoms with Crippen LogP contribution in [0.5, 0.6) is 11.5 Å². The van der Waals surface area contributed by atoms with E-state index in [0.29, 0.717) is 25.2 Å². The van der Waals surface area contributed by atoms with Crippen LogP contribution in [0, 0.1) is 29.5 Å². The van der Waals surface area contributed by atoms with Gasteiger partial charge in [0.05, 0.1) is 24.7 Å². The van der Waals surface area contributed by atoms with Gasteiger partial charge in [0.1, 0.15) is 11.4 Å². The van der Waals surface area contributed by atoms with Gasteiger partial charge in [-0.1, -0.05) is 6.92 Å². The van der Waals surface area contributed by atoms with Crippen LogP contribution in [0.3, 0.4) is 0 Å². The molecule has 6 aliphatic carbocycles. The highest BCUT2D eigenvalue weighted by Crippen LogP contribution is 2.63. The molecule has 0 unspecified atom stereocenters. The van der Waals surface area contributed by atoms with Crippen molar-refractivity contribution in [3.63, 3.8) is 0 Å². The third-order valence-electron chi connectivity index (χ3n) is 9.63. The maximum absolute atomic E-state index is 14.8. The van der Waals surface area contributed by atoms with Crippen LogP contribution in [0.1, 0.15) is 81.5 Å². The molecule has 196 valence electrons. The van der Waals surface area contributed by atoms with Crippen LogP contribution >= 0.6 is 0 Å². The van der Waals surface area contributed by atoms with E-state index in [-0.39, 0.29) is 58.4 Å². The minimum atomic E-state index is -1.08. The zero-order valence-corrected chi connectivity index (χ0v) is 21.1. The normalized spacial score (nSPS) is 40.1. The average Bonchev–Trinajstić information content (AvgIpc) is 3.41. The largest absolute Gasteiger partial charge is 0.496 e. The van der Waals surface area contributed by atoms with Gasteiger partial charge in [-0.3, -0.25) is 9.59 Å². The SMILES string of the molecule is COc1cc(F)c(OC2CCC(C)CC2)cc1C(=O)N[C@@H]1[C@H]2CC[C@H](C2)[C@@H]1C(=O)NC12CC(F)(C1)C2. The molecule has 0 heterocycles. The van der Waals surface area contributed by atoms with E-state index in [0.717, 1.165) is 44.9 Å². The zero-order valence-electron chi connectivity index (χ0n) is 21.1. The lowest BCUT2D eigenvalue weighted by Gasteiger charge is -2.66. The summed E-state index contributed by atoms with van der Waals surface area (Å²) in [5.41, 5.74) is -1.26. The Kier molecular flexibility index (Phi) is 5.72. The molecule has 0 aromatic heterocycles. The Morgan fingerprint density at radius 3 is 2.36 bits per heavy atom. The topological polar surface area (TPSA) is 76.7 Å². The number of nitrogens with one attached hydrogen (secondary N) is 2. The first-order chi connectivity index (χ1) is 17.2. The van der Waals surface area contributed by atoms with Crippen LogP contribution in [0.2, 0.25) is 0 Å². The van der Waals surface area contributed by atoms with Crippen molar-refractivity contribution in [3.05, 3.63) is 23.5 Å². The number of methoxy groups -OCH3 is 1. The Morgan fingerprint density at radius 2 is 1.69 bits per heavy atom. The van der Waals surface area contributed by atoms with E-state index in [1.54, 1.807) is 0 Å². The lowest BCUT2D eigenvalue weighted by molar-refractivity contribution is -0.177. The van der Waals surface area contributed by atoms with Crippen LogP contribution in [0.25, 0.3) is 0 Å². The van der Waals surface area contributed by atoms with E-state index < -0.39 is 17.4 Å². The lowest BCUT2D eigenvalue weighted by atomic mass is 9.47.